The average Bonchev–Trinajstić information content (AvgIpc) is 3.40. The highest BCUT2D eigenvalue weighted by molar-refractivity contribution is 8.00. The van der Waals surface area contributed by atoms with Crippen LogP contribution in [0.1, 0.15) is 23.9 Å². The molecule has 9 heteroatoms. The number of furan rings is 1. The normalized spacial score (nSPS) is 15.2. The molecular weight excluding hydrogens is 382 g/mol. The van der Waals surface area contributed by atoms with E-state index >= 15 is 0 Å². The second kappa shape index (κ2) is 10.4. The Kier molecular flexibility index (Phi) is 7.58. The maximum absolute atomic E-state index is 12.4. The van der Waals surface area contributed by atoms with Crippen LogP contribution in [0.4, 0.5) is 0 Å². The lowest BCUT2D eigenvalue weighted by molar-refractivity contribution is 0.0657. The maximum Gasteiger partial charge on any atom is 0.289 e. The number of amides is 1. The van der Waals surface area contributed by atoms with Crippen LogP contribution in [0.3, 0.4) is 0 Å². The van der Waals surface area contributed by atoms with Crippen molar-refractivity contribution in [2.45, 2.75) is 17.7 Å². The molecule has 0 saturated carbocycles. The number of hydrogen-bond acceptors (Lipinski definition) is 6. The van der Waals surface area contributed by atoms with Gasteiger partial charge in [-0.05, 0) is 25.5 Å². The van der Waals surface area contributed by atoms with E-state index in [1.54, 1.807) is 35.2 Å². The van der Waals surface area contributed by atoms with Gasteiger partial charge in [-0.15, -0.1) is 11.3 Å². The molecule has 7 nitrogen and oxygen atoms in total. The van der Waals surface area contributed by atoms with Gasteiger partial charge in [-0.25, -0.2) is 4.98 Å². The van der Waals surface area contributed by atoms with Crippen molar-refractivity contribution in [2.24, 2.45) is 4.99 Å². The summed E-state index contributed by atoms with van der Waals surface area (Å²) in [6, 6.07) is 3.45. The van der Waals surface area contributed by atoms with Gasteiger partial charge in [0, 0.05) is 56.6 Å². The quantitative estimate of drug-likeness (QED) is 0.329. The van der Waals surface area contributed by atoms with Gasteiger partial charge in [-0.1, -0.05) is 11.8 Å². The van der Waals surface area contributed by atoms with E-state index in [1.165, 1.54) is 6.26 Å². The van der Waals surface area contributed by atoms with E-state index in [-0.39, 0.29) is 5.91 Å². The second-order valence-electron chi connectivity index (χ2n) is 5.99. The minimum absolute atomic E-state index is 0.0409. The van der Waals surface area contributed by atoms with Crippen molar-refractivity contribution in [1.82, 2.24) is 20.1 Å². The van der Waals surface area contributed by atoms with Crippen LogP contribution >= 0.6 is 23.1 Å². The molecule has 0 aliphatic carbocycles. The van der Waals surface area contributed by atoms with E-state index in [9.17, 15) is 4.79 Å². The monoisotopic (exact) mass is 407 g/mol. The zero-order valence-corrected chi connectivity index (χ0v) is 17.1. The number of nitrogens with zero attached hydrogens (tertiary/aromatic N) is 4. The van der Waals surface area contributed by atoms with Gasteiger partial charge in [-0.2, -0.15) is 0 Å². The van der Waals surface area contributed by atoms with E-state index < -0.39 is 0 Å². The van der Waals surface area contributed by atoms with Crippen LogP contribution in [0.2, 0.25) is 0 Å². The predicted octanol–water partition coefficient (Wildman–Crippen LogP) is 2.64. The summed E-state index contributed by atoms with van der Waals surface area (Å²) in [5.74, 6) is 2.31. The van der Waals surface area contributed by atoms with Crippen molar-refractivity contribution < 1.29 is 9.21 Å². The van der Waals surface area contributed by atoms with Crippen LogP contribution in [0.25, 0.3) is 0 Å². The molecule has 0 aromatic carbocycles. The van der Waals surface area contributed by atoms with E-state index in [4.69, 9.17) is 9.41 Å². The molecule has 1 amide bonds. The van der Waals surface area contributed by atoms with E-state index in [1.807, 2.05) is 16.5 Å². The van der Waals surface area contributed by atoms with Gasteiger partial charge < -0.3 is 19.5 Å². The Morgan fingerprint density at radius 1 is 1.37 bits per heavy atom. The highest BCUT2D eigenvalue weighted by Crippen LogP contribution is 2.20. The van der Waals surface area contributed by atoms with Crippen molar-refractivity contribution in [3.05, 3.63) is 35.7 Å². The number of carbonyl (C=O) groups excluding carboxylic acids is 1. The Labute approximate surface area is 167 Å². The molecule has 3 rings (SSSR count). The standard InChI is InChI=1S/C18H25N5O2S2/c1-2-19-17(20-6-4-13-26-18-21-7-14-27-18)23-10-8-22(9-11-23)16(24)15-5-3-12-25-15/h3,5,7,12,14H,2,4,6,8-11,13H2,1H3,(H,19,20). The molecule has 1 N–H and O–H groups in total. The van der Waals surface area contributed by atoms with E-state index in [0.29, 0.717) is 18.8 Å². The zero-order chi connectivity index (χ0) is 18.9. The van der Waals surface area contributed by atoms with Crippen molar-refractivity contribution in [3.8, 4) is 0 Å². The van der Waals surface area contributed by atoms with Gasteiger partial charge in [0.2, 0.25) is 0 Å². The first-order valence-corrected chi connectivity index (χ1v) is 11.0. The average molecular weight is 408 g/mol. The topological polar surface area (TPSA) is 74.0 Å². The summed E-state index contributed by atoms with van der Waals surface area (Å²) in [4.78, 5) is 25.5. The third-order valence-corrected chi connectivity index (χ3v) is 6.18. The summed E-state index contributed by atoms with van der Waals surface area (Å²) in [7, 11) is 0. The summed E-state index contributed by atoms with van der Waals surface area (Å²) >= 11 is 3.46. The number of piperazine rings is 1. The van der Waals surface area contributed by atoms with Crippen LogP contribution < -0.4 is 5.32 Å². The molecule has 1 aliphatic rings. The van der Waals surface area contributed by atoms with Crippen molar-refractivity contribution in [2.75, 3.05) is 45.0 Å². The Balaban J connectivity index is 1.45. The van der Waals surface area contributed by atoms with Crippen molar-refractivity contribution in [3.63, 3.8) is 0 Å². The van der Waals surface area contributed by atoms with E-state index in [2.05, 4.69) is 22.1 Å². The largest absolute Gasteiger partial charge is 0.459 e. The number of thioether (sulfide) groups is 1. The number of nitrogens with one attached hydrogen (secondary N) is 1. The molecule has 2 aromatic heterocycles. The highest BCUT2D eigenvalue weighted by atomic mass is 32.2. The van der Waals surface area contributed by atoms with Crippen molar-refractivity contribution in [1.29, 1.82) is 0 Å². The number of aromatic nitrogens is 1. The molecule has 1 saturated heterocycles. The maximum atomic E-state index is 12.4. The number of carbonyl (C=O) groups is 1. The molecule has 0 bridgehead atoms. The van der Waals surface area contributed by atoms with E-state index in [0.717, 1.165) is 48.7 Å². The smallest absolute Gasteiger partial charge is 0.289 e. The van der Waals surface area contributed by atoms with Crippen LogP contribution in [0, 0.1) is 0 Å². The first kappa shape index (κ1) is 19.8. The molecule has 146 valence electrons. The molecule has 0 radical (unpaired) electrons. The number of thiazole rings is 1. The Bertz CT molecular complexity index is 710. The third-order valence-electron chi connectivity index (χ3n) is 4.13. The fraction of sp³-hybridized carbons (Fsp3) is 0.500. The minimum atomic E-state index is -0.0409. The summed E-state index contributed by atoms with van der Waals surface area (Å²) in [5, 5.41) is 5.37. The number of guanidine groups is 1. The predicted molar refractivity (Wildman–Crippen MR) is 110 cm³/mol. The lowest BCUT2D eigenvalue weighted by Crippen LogP contribution is -2.53. The fourth-order valence-electron chi connectivity index (χ4n) is 2.79. The second-order valence-corrected chi connectivity index (χ2v) is 8.23. The Hall–Kier alpha value is -2.00. The Morgan fingerprint density at radius 3 is 2.85 bits per heavy atom. The van der Waals surface area contributed by atoms with Gasteiger partial charge in [0.25, 0.3) is 5.91 Å². The molecule has 0 atom stereocenters. The molecule has 1 aliphatic heterocycles. The summed E-state index contributed by atoms with van der Waals surface area (Å²) in [6.45, 7) is 6.57. The summed E-state index contributed by atoms with van der Waals surface area (Å²) in [6.07, 6.45) is 4.38. The fourth-order valence-corrected chi connectivity index (χ4v) is 4.43. The van der Waals surface area contributed by atoms with Crippen LogP contribution in [0.5, 0.6) is 0 Å². The third kappa shape index (κ3) is 5.74. The molecule has 1 fully saturated rings. The van der Waals surface area contributed by atoms with Crippen molar-refractivity contribution >= 4 is 35.0 Å². The molecule has 0 unspecified atom stereocenters. The number of aliphatic imine (C=N–C) groups is 1. The Morgan fingerprint density at radius 2 is 2.19 bits per heavy atom. The van der Waals surface area contributed by atoms with Gasteiger partial charge >= 0.3 is 0 Å². The van der Waals surface area contributed by atoms with Gasteiger partial charge in [0.05, 0.1) is 6.26 Å². The SMILES string of the molecule is CCNC(=NCCCSc1nccs1)N1CCN(C(=O)c2ccco2)CC1. The van der Waals surface area contributed by atoms with Gasteiger partial charge in [0.1, 0.15) is 4.34 Å². The first-order chi connectivity index (χ1) is 13.3. The minimum Gasteiger partial charge on any atom is -0.459 e. The van der Waals surface area contributed by atoms with Crippen LogP contribution in [-0.2, 0) is 0 Å². The number of rotatable bonds is 7. The van der Waals surface area contributed by atoms with Crippen LogP contribution in [0.15, 0.2) is 43.7 Å². The molecule has 0 spiro atoms. The molecule has 27 heavy (non-hydrogen) atoms. The summed E-state index contributed by atoms with van der Waals surface area (Å²) in [5.41, 5.74) is 0. The lowest BCUT2D eigenvalue weighted by atomic mass is 10.3. The van der Waals surface area contributed by atoms with Crippen LogP contribution in [-0.4, -0.2) is 71.7 Å². The lowest BCUT2D eigenvalue weighted by Gasteiger charge is -2.36. The number of hydrogen-bond donors (Lipinski definition) is 1. The van der Waals surface area contributed by atoms with Gasteiger partial charge in [-0.3, -0.25) is 9.79 Å². The molecular formula is C18H25N5O2S2. The molecule has 3 heterocycles. The molecule has 2 aromatic rings. The zero-order valence-electron chi connectivity index (χ0n) is 15.5. The first-order valence-electron chi connectivity index (χ1n) is 9.16. The van der Waals surface area contributed by atoms with Gasteiger partial charge in [0.15, 0.2) is 11.7 Å². The summed E-state index contributed by atoms with van der Waals surface area (Å²) < 4.78 is 6.33. The highest BCUT2D eigenvalue weighted by Gasteiger charge is 2.25.